The van der Waals surface area contributed by atoms with Crippen LogP contribution in [0, 0.1) is 5.92 Å². The summed E-state index contributed by atoms with van der Waals surface area (Å²) in [5, 5.41) is 0.990. The molecule has 0 aliphatic carbocycles. The number of nitrogens with one attached hydrogen (secondary N) is 1. The van der Waals surface area contributed by atoms with Gasteiger partial charge in [0, 0.05) is 43.3 Å². The van der Waals surface area contributed by atoms with Crippen molar-refractivity contribution in [3.05, 3.63) is 72.6 Å². The van der Waals surface area contributed by atoms with Crippen molar-refractivity contribution in [1.29, 1.82) is 0 Å². The van der Waals surface area contributed by atoms with Gasteiger partial charge in [0.25, 0.3) is 5.91 Å². The first-order chi connectivity index (χ1) is 14.8. The molecular formula is C23H22N6O. The zero-order valence-corrected chi connectivity index (χ0v) is 16.5. The van der Waals surface area contributed by atoms with Crippen LogP contribution in [0.15, 0.2) is 61.3 Å². The Labute approximate surface area is 174 Å². The van der Waals surface area contributed by atoms with Crippen LogP contribution in [0.1, 0.15) is 28.9 Å². The van der Waals surface area contributed by atoms with Crippen molar-refractivity contribution in [3.63, 3.8) is 0 Å². The number of pyridine rings is 1. The van der Waals surface area contributed by atoms with Gasteiger partial charge in [-0.05, 0) is 37.3 Å². The minimum absolute atomic E-state index is 0.0530. The number of para-hydroxylation sites is 1. The molecule has 1 atom stereocenters. The van der Waals surface area contributed by atoms with E-state index in [0.29, 0.717) is 17.3 Å². The molecule has 150 valence electrons. The highest BCUT2D eigenvalue weighted by Gasteiger charge is 2.25. The number of benzene rings is 1. The molecule has 1 saturated heterocycles. The molecule has 4 aromatic rings. The zero-order valence-electron chi connectivity index (χ0n) is 16.5. The number of aromatic amines is 1. The fourth-order valence-corrected chi connectivity index (χ4v) is 4.07. The highest BCUT2D eigenvalue weighted by molar-refractivity contribution is 5.97. The lowest BCUT2D eigenvalue weighted by Gasteiger charge is -2.32. The van der Waals surface area contributed by atoms with E-state index in [-0.39, 0.29) is 5.91 Å². The van der Waals surface area contributed by atoms with Gasteiger partial charge in [-0.15, -0.1) is 0 Å². The summed E-state index contributed by atoms with van der Waals surface area (Å²) in [6, 6.07) is 9.80. The highest BCUT2D eigenvalue weighted by atomic mass is 16.2. The molecule has 1 aromatic carbocycles. The Morgan fingerprint density at radius 1 is 1.10 bits per heavy atom. The molecule has 0 saturated carbocycles. The highest BCUT2D eigenvalue weighted by Crippen LogP contribution is 2.23. The Morgan fingerprint density at radius 2 is 2.03 bits per heavy atom. The maximum absolute atomic E-state index is 13.1. The van der Waals surface area contributed by atoms with Gasteiger partial charge in [-0.25, -0.2) is 9.97 Å². The van der Waals surface area contributed by atoms with Crippen molar-refractivity contribution >= 4 is 16.8 Å². The Hall–Kier alpha value is -3.61. The lowest BCUT2D eigenvalue weighted by atomic mass is 9.93. The molecule has 1 aliphatic heterocycles. The fraction of sp³-hybridized carbons (Fsp3) is 0.261. The summed E-state index contributed by atoms with van der Waals surface area (Å²) in [5.41, 5.74) is 3.23. The molecule has 1 amide bonds. The molecule has 7 heteroatoms. The number of piperidine rings is 1. The van der Waals surface area contributed by atoms with Crippen molar-refractivity contribution in [2.45, 2.75) is 19.3 Å². The van der Waals surface area contributed by atoms with Crippen LogP contribution in [0.3, 0.4) is 0 Å². The first kappa shape index (κ1) is 18.4. The summed E-state index contributed by atoms with van der Waals surface area (Å²) in [6.45, 7) is 1.51. The van der Waals surface area contributed by atoms with Crippen LogP contribution in [0.4, 0.5) is 0 Å². The van der Waals surface area contributed by atoms with Gasteiger partial charge in [0.2, 0.25) is 0 Å². The number of fused-ring (bicyclic) bond motifs is 1. The van der Waals surface area contributed by atoms with Crippen molar-refractivity contribution < 1.29 is 4.79 Å². The molecule has 30 heavy (non-hydrogen) atoms. The molecule has 1 fully saturated rings. The number of nitrogens with zero attached hydrogens (tertiary/aromatic N) is 5. The normalized spacial score (nSPS) is 16.7. The molecule has 5 rings (SSSR count). The second kappa shape index (κ2) is 8.02. The van der Waals surface area contributed by atoms with Crippen LogP contribution in [0.5, 0.6) is 0 Å². The Bertz CT molecular complexity index is 1160. The average molecular weight is 398 g/mol. The second-order valence-electron chi connectivity index (χ2n) is 7.71. The fourth-order valence-electron chi connectivity index (χ4n) is 4.07. The van der Waals surface area contributed by atoms with Crippen LogP contribution >= 0.6 is 0 Å². The molecule has 0 unspecified atom stereocenters. The molecule has 7 nitrogen and oxygen atoms in total. The van der Waals surface area contributed by atoms with Gasteiger partial charge >= 0.3 is 0 Å². The number of aromatic nitrogens is 5. The lowest BCUT2D eigenvalue weighted by Crippen LogP contribution is -2.40. The van der Waals surface area contributed by atoms with E-state index in [0.717, 1.165) is 54.6 Å². The number of rotatable bonds is 4. The van der Waals surface area contributed by atoms with Crippen molar-refractivity contribution in [2.75, 3.05) is 13.1 Å². The van der Waals surface area contributed by atoms with Gasteiger partial charge in [-0.3, -0.25) is 14.8 Å². The van der Waals surface area contributed by atoms with Crippen LogP contribution in [0.25, 0.3) is 22.4 Å². The molecule has 3 aromatic heterocycles. The van der Waals surface area contributed by atoms with Gasteiger partial charge in [-0.2, -0.15) is 0 Å². The first-order valence-electron chi connectivity index (χ1n) is 10.2. The Morgan fingerprint density at radius 3 is 2.87 bits per heavy atom. The van der Waals surface area contributed by atoms with Crippen LogP contribution in [-0.2, 0) is 6.42 Å². The topological polar surface area (TPSA) is 87.7 Å². The maximum atomic E-state index is 13.1. The number of hydrogen-bond donors (Lipinski definition) is 1. The van der Waals surface area contributed by atoms with E-state index < -0.39 is 0 Å². The van der Waals surface area contributed by atoms with Crippen LogP contribution < -0.4 is 0 Å². The second-order valence-corrected chi connectivity index (χ2v) is 7.71. The third-order valence-corrected chi connectivity index (χ3v) is 5.59. The summed E-state index contributed by atoms with van der Waals surface area (Å²) in [6.07, 6.45) is 11.6. The monoisotopic (exact) mass is 398 g/mol. The smallest absolute Gasteiger partial charge is 0.255 e. The Kier molecular flexibility index (Phi) is 4.93. The minimum atomic E-state index is 0.0530. The van der Waals surface area contributed by atoms with E-state index in [2.05, 4.69) is 24.9 Å². The maximum Gasteiger partial charge on any atom is 0.255 e. The van der Waals surface area contributed by atoms with Gasteiger partial charge in [0.1, 0.15) is 5.69 Å². The number of H-pyrrole nitrogens is 1. The summed E-state index contributed by atoms with van der Waals surface area (Å²) < 4.78 is 0. The van der Waals surface area contributed by atoms with Gasteiger partial charge in [0.15, 0.2) is 5.82 Å². The number of imidazole rings is 1. The van der Waals surface area contributed by atoms with E-state index in [1.54, 1.807) is 24.8 Å². The summed E-state index contributed by atoms with van der Waals surface area (Å²) in [4.78, 5) is 35.7. The minimum Gasteiger partial charge on any atom is -0.343 e. The van der Waals surface area contributed by atoms with E-state index in [1.165, 1.54) is 0 Å². The van der Waals surface area contributed by atoms with Crippen molar-refractivity contribution in [3.8, 4) is 11.5 Å². The van der Waals surface area contributed by atoms with E-state index >= 15 is 0 Å². The predicted octanol–water partition coefficient (Wildman–Crippen LogP) is 3.51. The van der Waals surface area contributed by atoms with Crippen molar-refractivity contribution in [2.24, 2.45) is 5.92 Å². The standard InChI is InChI=1S/C23H22N6O/c30-23(18-11-17-5-1-2-6-20(17)27-12-18)29-9-3-4-16(15-29)10-19-13-28-21(14-26-19)22-24-7-8-25-22/h1-2,5-8,11-14,16H,3-4,9-10,15H2,(H,24,25)/t16-/m0/s1. The number of carbonyl (C=O) groups is 1. The largest absolute Gasteiger partial charge is 0.343 e. The quantitative estimate of drug-likeness (QED) is 0.568. The average Bonchev–Trinajstić information content (AvgIpc) is 3.34. The lowest BCUT2D eigenvalue weighted by molar-refractivity contribution is 0.0672. The van der Waals surface area contributed by atoms with Crippen molar-refractivity contribution in [1.82, 2.24) is 29.8 Å². The van der Waals surface area contributed by atoms with E-state index in [1.807, 2.05) is 41.4 Å². The van der Waals surface area contributed by atoms with Crippen LogP contribution in [-0.4, -0.2) is 48.8 Å². The van der Waals surface area contributed by atoms with Gasteiger partial charge in [-0.1, -0.05) is 18.2 Å². The first-order valence-corrected chi connectivity index (χ1v) is 10.2. The Balaban J connectivity index is 1.26. The predicted molar refractivity (Wildman–Crippen MR) is 114 cm³/mol. The molecule has 1 N–H and O–H groups in total. The molecule has 1 aliphatic rings. The molecule has 0 spiro atoms. The van der Waals surface area contributed by atoms with Gasteiger partial charge in [0.05, 0.1) is 23.0 Å². The number of likely N-dealkylation sites (tertiary alicyclic amines) is 1. The van der Waals surface area contributed by atoms with Crippen LogP contribution in [0.2, 0.25) is 0 Å². The number of amides is 1. The zero-order chi connectivity index (χ0) is 20.3. The molecular weight excluding hydrogens is 376 g/mol. The summed E-state index contributed by atoms with van der Waals surface area (Å²) in [7, 11) is 0. The molecule has 4 heterocycles. The molecule has 0 radical (unpaired) electrons. The van der Waals surface area contributed by atoms with E-state index in [9.17, 15) is 4.79 Å². The number of carbonyl (C=O) groups excluding carboxylic acids is 1. The third-order valence-electron chi connectivity index (χ3n) is 5.59. The van der Waals surface area contributed by atoms with E-state index in [4.69, 9.17) is 0 Å². The third kappa shape index (κ3) is 3.78. The number of hydrogen-bond acceptors (Lipinski definition) is 5. The summed E-state index contributed by atoms with van der Waals surface area (Å²) in [5.74, 6) is 1.14. The molecule has 0 bridgehead atoms. The summed E-state index contributed by atoms with van der Waals surface area (Å²) >= 11 is 0. The SMILES string of the molecule is O=C(c1cnc2ccccc2c1)N1CCC[C@@H](Cc2cnc(-c3ncc[nH]3)cn2)C1. The van der Waals surface area contributed by atoms with Gasteiger partial charge < -0.3 is 9.88 Å².